The monoisotopic (exact) mass is 1030 g/mol. The van der Waals surface area contributed by atoms with Crippen molar-refractivity contribution in [2.75, 3.05) is 25.4 Å². The van der Waals surface area contributed by atoms with Crippen LogP contribution >= 0.6 is 23.5 Å². The number of amides is 2. The van der Waals surface area contributed by atoms with Crippen LogP contribution in [0.4, 0.5) is 5.82 Å². The van der Waals surface area contributed by atoms with Gasteiger partial charge < -0.3 is 75.1 Å². The number of ether oxygens (including phenoxy) is 3. The lowest BCUT2D eigenvalue weighted by molar-refractivity contribution is -0.121. The number of aromatic nitrogens is 3. The molecule has 2 unspecified atom stereocenters. The molecule has 8 rings (SSSR count). The number of carbonyl (C=O) groups excluding carboxylic acids is 3. The minimum absolute atomic E-state index is 0.0322. The van der Waals surface area contributed by atoms with Gasteiger partial charge >= 0.3 is 29.4 Å². The molecular weight excluding hydrogens is 989 g/mol. The van der Waals surface area contributed by atoms with Crippen molar-refractivity contribution in [3.63, 3.8) is 0 Å². The van der Waals surface area contributed by atoms with Gasteiger partial charge in [0.05, 0.1) is 29.7 Å². The van der Waals surface area contributed by atoms with Gasteiger partial charge in [-0.15, -0.1) is 0 Å². The predicted molar refractivity (Wildman–Crippen MR) is 236 cm³/mol. The third-order valence-electron chi connectivity index (χ3n) is 11.1. The first-order valence-electron chi connectivity index (χ1n) is 20.7. The number of nitrogens with zero attached hydrogens (tertiary/aromatic N) is 3. The van der Waals surface area contributed by atoms with E-state index in [1.807, 2.05) is 0 Å². The van der Waals surface area contributed by atoms with E-state index in [0.717, 1.165) is 6.33 Å². The number of phosphoric acid groups is 3. The topological polar surface area (TPSA) is 400 Å². The Kier molecular flexibility index (Phi) is 14.0. The second kappa shape index (κ2) is 19.5. The summed E-state index contributed by atoms with van der Waals surface area (Å²) >= 11 is 0. The maximum atomic E-state index is 13.4. The molecule has 1 saturated heterocycles. The molecule has 3 aliphatic rings. The highest BCUT2D eigenvalue weighted by atomic mass is 31.3. The number of aliphatic hydroxyl groups excluding tert-OH is 2. The molecular formula is C41H41N6O20P3. The summed E-state index contributed by atoms with van der Waals surface area (Å²) in [6.45, 7) is -0.884. The van der Waals surface area contributed by atoms with Crippen LogP contribution in [0.2, 0.25) is 0 Å². The number of fused-ring (bicyclic) bond motifs is 7. The number of phenolic OH excluding ortho intramolecular Hbond substituents is 2. The number of benzene rings is 3. The molecule has 2 amide bonds. The van der Waals surface area contributed by atoms with Crippen molar-refractivity contribution >= 4 is 58.1 Å². The highest BCUT2D eigenvalue weighted by Gasteiger charge is 2.54. The third kappa shape index (κ3) is 10.4. The molecule has 0 aliphatic carbocycles. The van der Waals surface area contributed by atoms with Gasteiger partial charge in [0.1, 0.15) is 59.1 Å². The Morgan fingerprint density at radius 2 is 1.54 bits per heavy atom. The zero-order valence-electron chi connectivity index (χ0n) is 35.8. The average Bonchev–Trinajstić information content (AvgIpc) is 3.89. The van der Waals surface area contributed by atoms with E-state index in [-0.39, 0.29) is 82.0 Å². The van der Waals surface area contributed by atoms with Crippen molar-refractivity contribution in [1.82, 2.24) is 25.2 Å². The van der Waals surface area contributed by atoms with Gasteiger partial charge in [-0.25, -0.2) is 28.5 Å². The van der Waals surface area contributed by atoms with Gasteiger partial charge in [-0.1, -0.05) is 24.3 Å². The molecule has 3 aliphatic heterocycles. The number of aliphatic hydroxyl groups is 2. The van der Waals surface area contributed by atoms with Crippen LogP contribution in [0.5, 0.6) is 23.0 Å². The molecule has 0 saturated carbocycles. The summed E-state index contributed by atoms with van der Waals surface area (Å²) in [4.78, 5) is 83.9. The molecule has 29 heteroatoms. The Hall–Kier alpha value is -6.26. The fourth-order valence-corrected chi connectivity index (χ4v) is 11.1. The van der Waals surface area contributed by atoms with E-state index in [1.165, 1.54) is 41.1 Å². The SMILES string of the molecule is Nc1ncnc2c1c(C#CCNC(=O)CCCCCNC(=O)c1ccc3c(c1)C(=O)OC31c3ccc(O)cc3Oc3cc(O)ccc31)cn2[C@@H]1O[C@H](COP(=O)(O)OP(=O)(O)OP(=O)(O)O)[C@H](O)[C@@H]1O. The summed E-state index contributed by atoms with van der Waals surface area (Å²) in [5.74, 6) is 4.44. The van der Waals surface area contributed by atoms with Gasteiger partial charge in [0.15, 0.2) is 11.8 Å². The molecule has 26 nitrogen and oxygen atoms in total. The maximum Gasteiger partial charge on any atom is 0.490 e. The minimum atomic E-state index is -5.82. The molecule has 0 radical (unpaired) electrons. The molecule has 70 heavy (non-hydrogen) atoms. The van der Waals surface area contributed by atoms with Crippen molar-refractivity contribution in [3.8, 4) is 34.8 Å². The number of aromatic hydroxyl groups is 2. The zero-order chi connectivity index (χ0) is 50.3. The Morgan fingerprint density at radius 3 is 2.23 bits per heavy atom. The van der Waals surface area contributed by atoms with E-state index < -0.39 is 72.1 Å². The number of rotatable bonds is 16. The van der Waals surface area contributed by atoms with Crippen LogP contribution in [-0.4, -0.2) is 110 Å². The summed E-state index contributed by atoms with van der Waals surface area (Å²) in [5.41, 5.74) is 6.64. The first-order valence-corrected chi connectivity index (χ1v) is 25.3. The second-order valence-corrected chi connectivity index (χ2v) is 20.2. The quantitative estimate of drug-likeness (QED) is 0.0292. The highest BCUT2D eigenvalue weighted by molar-refractivity contribution is 7.66. The summed E-state index contributed by atoms with van der Waals surface area (Å²) in [7, 11) is -17.0. The van der Waals surface area contributed by atoms with Crippen LogP contribution < -0.4 is 21.1 Å². The van der Waals surface area contributed by atoms with Gasteiger partial charge in [0.2, 0.25) is 5.91 Å². The Bertz CT molecular complexity index is 3080. The number of nitrogen functional groups attached to an aromatic ring is 1. The predicted octanol–water partition coefficient (Wildman–Crippen LogP) is 2.41. The fourth-order valence-electron chi connectivity index (χ4n) is 8.07. The Morgan fingerprint density at radius 1 is 0.857 bits per heavy atom. The van der Waals surface area contributed by atoms with E-state index >= 15 is 0 Å². The maximum absolute atomic E-state index is 13.4. The molecule has 1 spiro atoms. The van der Waals surface area contributed by atoms with Gasteiger partial charge in [0, 0.05) is 53.5 Å². The van der Waals surface area contributed by atoms with Crippen LogP contribution in [0.1, 0.15) is 74.9 Å². The van der Waals surface area contributed by atoms with E-state index in [4.69, 9.17) is 29.7 Å². The average molecular weight is 1030 g/mol. The molecule has 1 fully saturated rings. The fraction of sp³-hybridized carbons (Fsp3) is 0.293. The van der Waals surface area contributed by atoms with Crippen molar-refractivity contribution in [2.45, 2.75) is 55.8 Å². The van der Waals surface area contributed by atoms with E-state index in [2.05, 4.69) is 45.6 Å². The standard InChI is InChI=1S/C41H41N6O20P3/c42-36-33-22(18-47(37(33)46-20-45-36)39-35(52)34(51)31(64-39)19-62-69(58,59)67-70(60,61)66-68(55,56)57)5-4-14-43-32(50)6-2-1-3-13-44-38(53)21-7-10-26-25(15-21)40(54)65-41(26)27-11-8-23(48)16-29(27)63-30-17-24(49)9-12-28(30)41/h7-12,15-18,20,31,34-35,39,48-49,51-52H,1-3,6,13-14,19H2,(H,43,50)(H,44,53)(H,58,59)(H,60,61)(H2,42,45,46)(H2,55,56,57)/t31-,34+,35+,39-/m1/s1. The number of esters is 1. The number of phenols is 2. The third-order valence-corrected chi connectivity index (χ3v) is 14.9. The molecule has 370 valence electrons. The van der Waals surface area contributed by atoms with E-state index in [1.54, 1.807) is 24.3 Å². The van der Waals surface area contributed by atoms with Crippen LogP contribution in [0.15, 0.2) is 67.1 Å². The van der Waals surface area contributed by atoms with Gasteiger partial charge in [-0.2, -0.15) is 8.62 Å². The summed E-state index contributed by atoms with van der Waals surface area (Å²) < 4.78 is 65.6. The van der Waals surface area contributed by atoms with Gasteiger partial charge in [-0.05, 0) is 49.2 Å². The number of carbonyl (C=O) groups is 3. The van der Waals surface area contributed by atoms with Crippen molar-refractivity contribution in [1.29, 1.82) is 0 Å². The van der Waals surface area contributed by atoms with E-state index in [0.29, 0.717) is 36.0 Å². The Labute approximate surface area is 394 Å². The van der Waals surface area contributed by atoms with E-state index in [9.17, 15) is 58.3 Å². The Balaban J connectivity index is 0.812. The molecule has 12 N–H and O–H groups in total. The first-order chi connectivity index (χ1) is 33.1. The zero-order valence-corrected chi connectivity index (χ0v) is 38.5. The van der Waals surface area contributed by atoms with Crippen LogP contribution in [0.25, 0.3) is 11.0 Å². The molecule has 3 aromatic carbocycles. The van der Waals surface area contributed by atoms with Crippen LogP contribution in [-0.2, 0) is 46.7 Å². The number of hydrogen-bond acceptors (Lipinski definition) is 19. The highest BCUT2D eigenvalue weighted by Crippen LogP contribution is 2.66. The smallest absolute Gasteiger partial charge is 0.490 e. The number of phosphoric ester groups is 1. The van der Waals surface area contributed by atoms with Crippen molar-refractivity contribution in [3.05, 3.63) is 101 Å². The number of nitrogens with one attached hydrogen (secondary N) is 2. The number of nitrogens with two attached hydrogens (primary N) is 1. The first kappa shape index (κ1) is 50.1. The van der Waals surface area contributed by atoms with Crippen LogP contribution in [0, 0.1) is 11.8 Å². The summed E-state index contributed by atoms with van der Waals surface area (Å²) in [5, 5.41) is 47.5. The van der Waals surface area contributed by atoms with Gasteiger partial charge in [0.25, 0.3) is 5.91 Å². The van der Waals surface area contributed by atoms with Gasteiger partial charge in [-0.3, -0.25) is 14.1 Å². The lowest BCUT2D eigenvalue weighted by atomic mass is 9.77. The van der Waals surface area contributed by atoms with Crippen molar-refractivity contribution in [2.24, 2.45) is 0 Å². The number of hydrogen-bond donors (Lipinski definition) is 11. The minimum Gasteiger partial charge on any atom is -0.508 e. The summed E-state index contributed by atoms with van der Waals surface area (Å²) in [6.07, 6.45) is -2.42. The molecule has 0 bridgehead atoms. The molecule has 6 atom stereocenters. The lowest BCUT2D eigenvalue weighted by Gasteiger charge is -2.36. The number of unbranched alkanes of at least 4 members (excludes halogenated alkanes) is 2. The lowest BCUT2D eigenvalue weighted by Crippen LogP contribution is -2.33. The second-order valence-electron chi connectivity index (χ2n) is 15.8. The largest absolute Gasteiger partial charge is 0.508 e. The van der Waals surface area contributed by atoms with Crippen molar-refractivity contribution < 1.29 is 95.4 Å². The molecule has 5 heterocycles. The summed E-state index contributed by atoms with van der Waals surface area (Å²) in [6, 6.07) is 13.4. The molecule has 5 aromatic rings. The number of anilines is 1. The molecule has 2 aromatic heterocycles. The normalized spacial score (nSPS) is 20.5. The van der Waals surface area contributed by atoms with Crippen LogP contribution in [0.3, 0.4) is 0 Å².